The van der Waals surface area contributed by atoms with E-state index >= 15 is 0 Å². The van der Waals surface area contributed by atoms with Crippen LogP contribution in [0.3, 0.4) is 0 Å². The van der Waals surface area contributed by atoms with Gasteiger partial charge in [-0.3, -0.25) is 14.4 Å². The number of anilines is 1. The summed E-state index contributed by atoms with van der Waals surface area (Å²) in [5.74, 6) is -0.493. The number of benzene rings is 1. The van der Waals surface area contributed by atoms with E-state index in [2.05, 4.69) is 32.9 Å². The number of aryl methyl sites for hydroxylation is 1. The molecule has 0 radical (unpaired) electrons. The Balaban J connectivity index is 1.29. The number of likely N-dealkylation sites (N-methyl/N-ethyl adjacent to an activating group) is 1. The first-order valence-corrected chi connectivity index (χ1v) is 14.4. The van der Waals surface area contributed by atoms with Crippen LogP contribution in [0.2, 0.25) is 5.02 Å². The van der Waals surface area contributed by atoms with Crippen LogP contribution in [-0.4, -0.2) is 78.3 Å². The zero-order chi connectivity index (χ0) is 27.0. The van der Waals surface area contributed by atoms with Gasteiger partial charge in [0.05, 0.1) is 11.7 Å². The van der Waals surface area contributed by atoms with Gasteiger partial charge in [-0.25, -0.2) is 4.98 Å². The topological polar surface area (TPSA) is 107 Å². The number of hydrogen-bond acceptors (Lipinski definition) is 7. The molecule has 11 heteroatoms. The molecule has 5 rings (SSSR count). The number of nitrogens with zero attached hydrogens (tertiary/aromatic N) is 3. The van der Waals surface area contributed by atoms with Crippen molar-refractivity contribution in [3.63, 3.8) is 0 Å². The fourth-order valence-electron chi connectivity index (χ4n) is 5.69. The van der Waals surface area contributed by atoms with Crippen molar-refractivity contribution in [1.82, 2.24) is 25.4 Å². The number of carbonyl (C=O) groups excluding carboxylic acids is 3. The van der Waals surface area contributed by atoms with Gasteiger partial charge in [0.15, 0.2) is 5.01 Å². The van der Waals surface area contributed by atoms with Crippen molar-refractivity contribution >= 4 is 46.3 Å². The standard InChI is InChI=1S/C27H35ClN6O3S/c1-33(2)27(37)16-5-7-19(30-24(35)21-8-4-15-12-17(28)6-9-18(15)29-21)22(13-16)31-25(36)26-32-20-10-11-34(3)14-23(20)38-26/h6,9,12,16,19,21-22,29H,4-5,7-8,10-11,13-14H2,1-3H3,(H,30,35)(H,31,36). The Bertz CT molecular complexity index is 1230. The molecular weight excluding hydrogens is 524 g/mol. The Kier molecular flexibility index (Phi) is 7.93. The maximum Gasteiger partial charge on any atom is 0.280 e. The summed E-state index contributed by atoms with van der Waals surface area (Å²) in [6.45, 7) is 1.72. The third-order valence-corrected chi connectivity index (χ3v) is 9.13. The molecule has 38 heavy (non-hydrogen) atoms. The van der Waals surface area contributed by atoms with Crippen LogP contribution in [0.15, 0.2) is 18.2 Å². The lowest BCUT2D eigenvalue weighted by Gasteiger charge is -2.38. The first kappa shape index (κ1) is 26.9. The van der Waals surface area contributed by atoms with Crippen molar-refractivity contribution in [2.45, 2.75) is 63.2 Å². The number of fused-ring (bicyclic) bond motifs is 2. The molecule has 3 amide bonds. The minimum atomic E-state index is -0.371. The number of halogens is 1. The zero-order valence-electron chi connectivity index (χ0n) is 22.1. The number of aromatic nitrogens is 1. The molecule has 4 atom stereocenters. The lowest BCUT2D eigenvalue weighted by molar-refractivity contribution is -0.134. The minimum Gasteiger partial charge on any atom is -0.373 e. The van der Waals surface area contributed by atoms with E-state index in [-0.39, 0.29) is 41.8 Å². The second-order valence-corrected chi connectivity index (χ2v) is 12.4. The van der Waals surface area contributed by atoms with E-state index in [1.807, 2.05) is 18.2 Å². The van der Waals surface area contributed by atoms with Crippen molar-refractivity contribution in [2.75, 3.05) is 33.0 Å². The van der Waals surface area contributed by atoms with E-state index in [0.717, 1.165) is 47.8 Å². The molecule has 0 saturated heterocycles. The Morgan fingerprint density at radius 1 is 1.13 bits per heavy atom. The summed E-state index contributed by atoms with van der Waals surface area (Å²) in [5.41, 5.74) is 3.02. The van der Waals surface area contributed by atoms with Crippen LogP contribution in [0, 0.1) is 5.92 Å². The molecule has 9 nitrogen and oxygen atoms in total. The van der Waals surface area contributed by atoms with Gasteiger partial charge in [0, 0.05) is 61.2 Å². The van der Waals surface area contributed by atoms with Gasteiger partial charge in [-0.1, -0.05) is 11.6 Å². The Hall–Kier alpha value is -2.69. The Morgan fingerprint density at radius 3 is 2.74 bits per heavy atom. The Morgan fingerprint density at radius 2 is 1.95 bits per heavy atom. The molecular formula is C27H35ClN6O3S. The average molecular weight is 559 g/mol. The van der Waals surface area contributed by atoms with Gasteiger partial charge in [0.25, 0.3) is 5.91 Å². The number of hydrogen-bond donors (Lipinski definition) is 3. The molecule has 2 aliphatic heterocycles. The van der Waals surface area contributed by atoms with E-state index in [4.69, 9.17) is 11.6 Å². The van der Waals surface area contributed by atoms with Crippen LogP contribution < -0.4 is 16.0 Å². The summed E-state index contributed by atoms with van der Waals surface area (Å²) in [5, 5.41) is 10.8. The molecule has 1 fully saturated rings. The Labute approximate surface area is 232 Å². The van der Waals surface area contributed by atoms with Crippen LogP contribution in [0.25, 0.3) is 0 Å². The van der Waals surface area contributed by atoms with Gasteiger partial charge in [0.1, 0.15) is 6.04 Å². The summed E-state index contributed by atoms with van der Waals surface area (Å²) in [7, 11) is 5.57. The predicted octanol–water partition coefficient (Wildman–Crippen LogP) is 2.68. The molecule has 2 aromatic rings. The molecule has 204 valence electrons. The molecule has 3 N–H and O–H groups in total. The van der Waals surface area contributed by atoms with E-state index < -0.39 is 0 Å². The smallest absolute Gasteiger partial charge is 0.280 e. The van der Waals surface area contributed by atoms with Crippen molar-refractivity contribution in [3.8, 4) is 0 Å². The molecule has 1 aliphatic carbocycles. The van der Waals surface area contributed by atoms with Crippen molar-refractivity contribution in [2.24, 2.45) is 5.92 Å². The van der Waals surface area contributed by atoms with Crippen LogP contribution in [0.4, 0.5) is 5.69 Å². The summed E-state index contributed by atoms with van der Waals surface area (Å²) in [6, 6.07) is 4.64. The van der Waals surface area contributed by atoms with Gasteiger partial charge in [0.2, 0.25) is 11.8 Å². The number of thiazole rings is 1. The van der Waals surface area contributed by atoms with Crippen molar-refractivity contribution in [3.05, 3.63) is 44.4 Å². The first-order chi connectivity index (χ1) is 18.2. The van der Waals surface area contributed by atoms with Crippen LogP contribution in [-0.2, 0) is 29.0 Å². The number of amides is 3. The van der Waals surface area contributed by atoms with Crippen molar-refractivity contribution < 1.29 is 14.4 Å². The van der Waals surface area contributed by atoms with Gasteiger partial charge < -0.3 is 25.8 Å². The number of carbonyl (C=O) groups is 3. The maximum atomic E-state index is 13.3. The van der Waals surface area contributed by atoms with E-state index in [1.165, 1.54) is 11.3 Å². The highest BCUT2D eigenvalue weighted by atomic mass is 35.5. The third kappa shape index (κ3) is 5.82. The normalized spacial score (nSPS) is 24.9. The fraction of sp³-hybridized carbons (Fsp3) is 0.556. The van der Waals surface area contributed by atoms with Gasteiger partial charge >= 0.3 is 0 Å². The lowest BCUT2D eigenvalue weighted by Crippen LogP contribution is -2.58. The molecule has 4 unspecified atom stereocenters. The first-order valence-electron chi connectivity index (χ1n) is 13.2. The SMILES string of the molecule is CN1CCc2nc(C(=O)NC3CC(C(=O)N(C)C)CCC3NC(=O)C3CCc4cc(Cl)ccc4N3)sc2C1. The summed E-state index contributed by atoms with van der Waals surface area (Å²) in [4.78, 5) is 49.0. The maximum absolute atomic E-state index is 13.3. The van der Waals surface area contributed by atoms with Gasteiger partial charge in [-0.15, -0.1) is 11.3 Å². The molecule has 1 aromatic heterocycles. The minimum absolute atomic E-state index is 0.0472. The van der Waals surface area contributed by atoms with E-state index in [1.54, 1.807) is 19.0 Å². The molecule has 1 aromatic carbocycles. The average Bonchev–Trinajstić information content (AvgIpc) is 3.32. The third-order valence-electron chi connectivity index (χ3n) is 7.82. The summed E-state index contributed by atoms with van der Waals surface area (Å²) < 4.78 is 0. The summed E-state index contributed by atoms with van der Waals surface area (Å²) >= 11 is 7.55. The van der Waals surface area contributed by atoms with Gasteiger partial charge in [-0.2, -0.15) is 0 Å². The summed E-state index contributed by atoms with van der Waals surface area (Å²) in [6.07, 6.45) is 3.99. The molecule has 1 saturated carbocycles. The van der Waals surface area contributed by atoms with E-state index in [0.29, 0.717) is 35.7 Å². The second-order valence-electron chi connectivity index (χ2n) is 10.9. The second kappa shape index (κ2) is 11.2. The molecule has 3 aliphatic rings. The lowest BCUT2D eigenvalue weighted by atomic mass is 9.81. The molecule has 0 spiro atoms. The van der Waals surface area contributed by atoms with Crippen molar-refractivity contribution in [1.29, 1.82) is 0 Å². The largest absolute Gasteiger partial charge is 0.373 e. The van der Waals surface area contributed by atoms with Crippen LogP contribution in [0.1, 0.15) is 51.6 Å². The van der Waals surface area contributed by atoms with Crippen LogP contribution in [0.5, 0.6) is 0 Å². The molecule has 3 heterocycles. The molecule has 0 bridgehead atoms. The van der Waals surface area contributed by atoms with Gasteiger partial charge in [-0.05, 0) is 62.9 Å². The van der Waals surface area contributed by atoms with Crippen LogP contribution >= 0.6 is 22.9 Å². The zero-order valence-corrected chi connectivity index (χ0v) is 23.6. The number of rotatable bonds is 5. The monoisotopic (exact) mass is 558 g/mol. The number of nitrogens with one attached hydrogen (secondary N) is 3. The highest BCUT2D eigenvalue weighted by Gasteiger charge is 2.38. The fourth-order valence-corrected chi connectivity index (χ4v) is 6.98. The predicted molar refractivity (Wildman–Crippen MR) is 149 cm³/mol. The van der Waals surface area contributed by atoms with E-state index in [9.17, 15) is 14.4 Å². The highest BCUT2D eigenvalue weighted by molar-refractivity contribution is 7.13. The highest BCUT2D eigenvalue weighted by Crippen LogP contribution is 2.30. The quantitative estimate of drug-likeness (QED) is 0.521.